The van der Waals surface area contributed by atoms with E-state index in [0.717, 1.165) is 9.88 Å². The predicted molar refractivity (Wildman–Crippen MR) is 121 cm³/mol. The third-order valence-corrected chi connectivity index (χ3v) is 6.99. The molecule has 3 aromatic rings. The molecule has 2 N–H and O–H groups in total. The lowest BCUT2D eigenvalue weighted by Gasteiger charge is -2.21. The molecule has 0 spiro atoms. The Labute approximate surface area is 182 Å². The van der Waals surface area contributed by atoms with Gasteiger partial charge in [-0.1, -0.05) is 49.4 Å². The summed E-state index contributed by atoms with van der Waals surface area (Å²) in [6, 6.07) is 13.3. The van der Waals surface area contributed by atoms with Crippen LogP contribution in [0, 0.1) is 5.92 Å². The number of nitrogens with one attached hydrogen (secondary N) is 2. The van der Waals surface area contributed by atoms with E-state index < -0.39 is 0 Å². The Morgan fingerprint density at radius 1 is 1.10 bits per heavy atom. The highest BCUT2D eigenvalue weighted by Crippen LogP contribution is 2.26. The van der Waals surface area contributed by atoms with Crippen LogP contribution < -0.4 is 10.6 Å². The second-order valence-electron chi connectivity index (χ2n) is 6.62. The van der Waals surface area contributed by atoms with E-state index in [0.29, 0.717) is 28.1 Å². The van der Waals surface area contributed by atoms with Crippen LogP contribution in [0.4, 0.5) is 5.69 Å². The topological polar surface area (TPSA) is 84.0 Å². The summed E-state index contributed by atoms with van der Waals surface area (Å²) in [5, 5.41) is 17.0. The lowest BCUT2D eigenvalue weighted by atomic mass is 10.0. The van der Waals surface area contributed by atoms with Crippen LogP contribution >= 0.6 is 34.4 Å². The normalized spacial score (nSPS) is 12.0. The van der Waals surface area contributed by atoms with Crippen molar-refractivity contribution in [3.63, 3.8) is 0 Å². The minimum atomic E-state index is -0.279. The maximum absolute atomic E-state index is 12.3. The molecule has 29 heavy (non-hydrogen) atoms. The van der Waals surface area contributed by atoms with Crippen LogP contribution in [-0.4, -0.2) is 27.8 Å². The van der Waals surface area contributed by atoms with Crippen molar-refractivity contribution in [1.29, 1.82) is 0 Å². The van der Waals surface area contributed by atoms with Crippen molar-refractivity contribution in [1.82, 2.24) is 15.5 Å². The molecule has 0 unspecified atom stereocenters. The van der Waals surface area contributed by atoms with Crippen LogP contribution in [0.1, 0.15) is 39.6 Å². The molecule has 0 bridgehead atoms. The lowest BCUT2D eigenvalue weighted by molar-refractivity contribution is -0.119. The highest BCUT2D eigenvalue weighted by molar-refractivity contribution is 7.99. The molecule has 0 aliphatic carbocycles. The first-order valence-corrected chi connectivity index (χ1v) is 12.0. The second-order valence-corrected chi connectivity index (χ2v) is 9.65. The molecule has 3 rings (SSSR count). The molecule has 0 saturated carbocycles. The summed E-state index contributed by atoms with van der Waals surface area (Å²) in [6.45, 7) is 4.20. The van der Waals surface area contributed by atoms with Crippen molar-refractivity contribution in [2.24, 2.45) is 5.92 Å². The van der Waals surface area contributed by atoms with Crippen LogP contribution in [0.25, 0.3) is 0 Å². The zero-order valence-corrected chi connectivity index (χ0v) is 18.6. The first-order chi connectivity index (χ1) is 14.0. The molecule has 0 aliphatic rings. The van der Waals surface area contributed by atoms with E-state index in [4.69, 9.17) is 0 Å². The number of carbonyl (C=O) groups is 2. The molecular formula is C20H22N4O2S3. The number of thiophene rings is 1. The summed E-state index contributed by atoms with van der Waals surface area (Å²) in [6.07, 6.45) is 0. The second kappa shape index (κ2) is 10.5. The molecule has 2 amide bonds. The van der Waals surface area contributed by atoms with Gasteiger partial charge in [0, 0.05) is 16.3 Å². The summed E-state index contributed by atoms with van der Waals surface area (Å²) >= 11 is 4.36. The standard InChI is InChI=1S/C20H22N4O2S3/c1-13(2)18(15-9-6-10-28-15)22-16(25)11-27-12-17-23-24-20(29-17)19(26)21-14-7-4-3-5-8-14/h3-10,13,18H,11-12H2,1-2H3,(H,21,26)(H,22,25)/t18-/m0/s1. The summed E-state index contributed by atoms with van der Waals surface area (Å²) in [5.41, 5.74) is 0.714. The number of carbonyl (C=O) groups excluding carboxylic acids is 2. The van der Waals surface area contributed by atoms with Gasteiger partial charge in [0.1, 0.15) is 5.01 Å². The number of aromatic nitrogens is 2. The first-order valence-electron chi connectivity index (χ1n) is 9.12. The monoisotopic (exact) mass is 446 g/mol. The predicted octanol–water partition coefficient (Wildman–Crippen LogP) is 4.60. The summed E-state index contributed by atoms with van der Waals surface area (Å²) in [5.74, 6) is 0.901. The zero-order chi connectivity index (χ0) is 20.6. The molecule has 9 heteroatoms. The van der Waals surface area contributed by atoms with Gasteiger partial charge >= 0.3 is 0 Å². The molecule has 152 valence electrons. The van der Waals surface area contributed by atoms with Gasteiger partial charge in [-0.2, -0.15) is 0 Å². The van der Waals surface area contributed by atoms with Crippen molar-refractivity contribution in [2.45, 2.75) is 25.6 Å². The molecule has 0 aliphatic heterocycles. The molecule has 2 aromatic heterocycles. The molecule has 6 nitrogen and oxygen atoms in total. The van der Waals surface area contributed by atoms with Crippen molar-refractivity contribution in [3.05, 3.63) is 62.7 Å². The smallest absolute Gasteiger partial charge is 0.286 e. The van der Waals surface area contributed by atoms with E-state index in [-0.39, 0.29) is 17.9 Å². The van der Waals surface area contributed by atoms with E-state index in [1.807, 2.05) is 47.8 Å². The third kappa shape index (κ3) is 6.38. The molecule has 1 atom stereocenters. The molecular weight excluding hydrogens is 424 g/mol. The van der Waals surface area contributed by atoms with Crippen LogP contribution in [0.2, 0.25) is 0 Å². The number of amides is 2. The van der Waals surface area contributed by atoms with Gasteiger partial charge in [-0.15, -0.1) is 33.3 Å². The molecule has 0 fully saturated rings. The summed E-state index contributed by atoms with van der Waals surface area (Å²) in [4.78, 5) is 25.7. The Hall–Kier alpha value is -2.23. The average Bonchev–Trinajstić information content (AvgIpc) is 3.39. The number of thioether (sulfide) groups is 1. The Kier molecular flexibility index (Phi) is 7.79. The maximum Gasteiger partial charge on any atom is 0.286 e. The van der Waals surface area contributed by atoms with E-state index in [2.05, 4.69) is 34.7 Å². The summed E-state index contributed by atoms with van der Waals surface area (Å²) in [7, 11) is 0. The van der Waals surface area contributed by atoms with E-state index in [1.165, 1.54) is 23.1 Å². The van der Waals surface area contributed by atoms with Gasteiger partial charge in [-0.05, 0) is 29.5 Å². The van der Waals surface area contributed by atoms with Gasteiger partial charge in [0.15, 0.2) is 0 Å². The van der Waals surface area contributed by atoms with E-state index in [1.54, 1.807) is 11.3 Å². The van der Waals surface area contributed by atoms with Gasteiger partial charge in [0.2, 0.25) is 10.9 Å². The van der Waals surface area contributed by atoms with Crippen molar-refractivity contribution in [2.75, 3.05) is 11.1 Å². The van der Waals surface area contributed by atoms with Gasteiger partial charge in [-0.3, -0.25) is 9.59 Å². The number of hydrogen-bond donors (Lipinski definition) is 2. The van der Waals surface area contributed by atoms with Gasteiger partial charge in [0.05, 0.1) is 11.8 Å². The maximum atomic E-state index is 12.3. The Bertz CT molecular complexity index is 926. The van der Waals surface area contributed by atoms with Gasteiger partial charge in [-0.25, -0.2) is 0 Å². The van der Waals surface area contributed by atoms with Gasteiger partial charge < -0.3 is 10.6 Å². The fraction of sp³-hybridized carbons (Fsp3) is 0.300. The Morgan fingerprint density at radius 3 is 2.59 bits per heavy atom. The van der Waals surface area contributed by atoms with E-state index in [9.17, 15) is 9.59 Å². The third-order valence-electron chi connectivity index (χ3n) is 3.98. The Balaban J connectivity index is 1.46. The number of anilines is 1. The zero-order valence-electron chi connectivity index (χ0n) is 16.1. The molecule has 0 radical (unpaired) electrons. The number of hydrogen-bond acceptors (Lipinski definition) is 7. The minimum absolute atomic E-state index is 0.00587. The number of nitrogens with zero attached hydrogens (tertiary/aromatic N) is 2. The molecule has 2 heterocycles. The minimum Gasteiger partial charge on any atom is -0.348 e. The number of rotatable bonds is 9. The highest BCUT2D eigenvalue weighted by atomic mass is 32.2. The van der Waals surface area contributed by atoms with E-state index >= 15 is 0 Å². The van der Waals surface area contributed by atoms with Crippen LogP contribution in [-0.2, 0) is 10.5 Å². The fourth-order valence-corrected chi connectivity index (χ4v) is 5.16. The van der Waals surface area contributed by atoms with Crippen molar-refractivity contribution in [3.8, 4) is 0 Å². The number of para-hydroxylation sites is 1. The average molecular weight is 447 g/mol. The SMILES string of the molecule is CC(C)[C@H](NC(=O)CSCc1nnc(C(=O)Nc2ccccc2)s1)c1cccs1. The van der Waals surface area contributed by atoms with Crippen molar-refractivity contribution < 1.29 is 9.59 Å². The highest BCUT2D eigenvalue weighted by Gasteiger charge is 2.19. The number of benzene rings is 1. The van der Waals surface area contributed by atoms with Gasteiger partial charge in [0.25, 0.3) is 5.91 Å². The van der Waals surface area contributed by atoms with Crippen LogP contribution in [0.5, 0.6) is 0 Å². The largest absolute Gasteiger partial charge is 0.348 e. The van der Waals surface area contributed by atoms with Crippen LogP contribution in [0.3, 0.4) is 0 Å². The van der Waals surface area contributed by atoms with Crippen molar-refractivity contribution >= 4 is 51.9 Å². The lowest BCUT2D eigenvalue weighted by Crippen LogP contribution is -2.32. The molecule has 0 saturated heterocycles. The quantitative estimate of drug-likeness (QED) is 0.502. The molecule has 1 aromatic carbocycles. The van der Waals surface area contributed by atoms with Crippen LogP contribution in [0.15, 0.2) is 47.8 Å². The first kappa shape index (κ1) is 21.5. The fourth-order valence-electron chi connectivity index (χ4n) is 2.59. The Morgan fingerprint density at radius 2 is 1.90 bits per heavy atom. The summed E-state index contributed by atoms with van der Waals surface area (Å²) < 4.78 is 0.